The minimum absolute atomic E-state index is 0.104. The van der Waals surface area contributed by atoms with Crippen molar-refractivity contribution in [3.8, 4) is 0 Å². The van der Waals surface area contributed by atoms with Crippen LogP contribution >= 0.6 is 11.6 Å². The minimum atomic E-state index is -1.61. The van der Waals surface area contributed by atoms with Crippen molar-refractivity contribution in [2.24, 2.45) is 0 Å². The Balaban J connectivity index is 1.83. The Kier molecular flexibility index (Phi) is 6.96. The van der Waals surface area contributed by atoms with E-state index in [-0.39, 0.29) is 30.6 Å². The van der Waals surface area contributed by atoms with Crippen LogP contribution in [0.2, 0.25) is 15.5 Å². The van der Waals surface area contributed by atoms with E-state index >= 15 is 4.39 Å². The molecule has 1 N–H and O–H groups in total. The highest BCUT2D eigenvalue weighted by Gasteiger charge is 2.59. The van der Waals surface area contributed by atoms with Crippen molar-refractivity contribution in [3.63, 3.8) is 0 Å². The number of nitrogens with one attached hydrogen (secondary N) is 1. The monoisotopic (exact) mass is 465 g/mol. The van der Waals surface area contributed by atoms with Gasteiger partial charge in [-0.15, -0.1) is 0 Å². The lowest BCUT2D eigenvalue weighted by atomic mass is 9.31. The van der Waals surface area contributed by atoms with Crippen LogP contribution in [0.5, 0.6) is 0 Å². The molecule has 0 atom stereocenters. The first-order valence-electron chi connectivity index (χ1n) is 11.2. The normalized spacial score (nSPS) is 19.2. The molecule has 168 valence electrons. The third-order valence-electron chi connectivity index (χ3n) is 7.10. The predicted molar refractivity (Wildman–Crippen MR) is 146 cm³/mol. The van der Waals surface area contributed by atoms with Crippen LogP contribution in [0.15, 0.2) is 36.5 Å². The van der Waals surface area contributed by atoms with E-state index in [1.807, 2.05) is 72.3 Å². The van der Waals surface area contributed by atoms with E-state index in [9.17, 15) is 9.18 Å². The van der Waals surface area contributed by atoms with E-state index in [4.69, 9.17) is 11.6 Å². The molecule has 2 aromatic rings. The highest BCUT2D eigenvalue weighted by molar-refractivity contribution is 6.47. The molecule has 0 aliphatic carbocycles. The van der Waals surface area contributed by atoms with Gasteiger partial charge in [0.1, 0.15) is 58.6 Å². The van der Waals surface area contributed by atoms with Crippen molar-refractivity contribution < 1.29 is 13.6 Å². The molecule has 33 heavy (non-hydrogen) atoms. The molecule has 1 aliphatic heterocycles. The van der Waals surface area contributed by atoms with Crippen molar-refractivity contribution >= 4 is 64.6 Å². The summed E-state index contributed by atoms with van der Waals surface area (Å²) in [7, 11) is 11.4. The molecule has 1 aliphatic rings. The summed E-state index contributed by atoms with van der Waals surface area (Å²) in [5.74, 6) is -0.857. The number of aromatic nitrogens is 1. The zero-order valence-corrected chi connectivity index (χ0v) is 21.3. The number of pyridine rings is 1. The lowest BCUT2D eigenvalue weighted by Crippen LogP contribution is -2.68. The quantitative estimate of drug-likeness (QED) is 0.510. The highest BCUT2D eigenvalue weighted by atomic mass is 35.5. The molecule has 0 unspecified atom stereocenters. The van der Waals surface area contributed by atoms with E-state index < -0.39 is 27.3 Å². The summed E-state index contributed by atoms with van der Waals surface area (Å²) >= 11 is 5.88. The van der Waals surface area contributed by atoms with Gasteiger partial charge < -0.3 is 10.2 Å². The summed E-state index contributed by atoms with van der Waals surface area (Å²) in [6.07, 6.45) is 1.81. The average Bonchev–Trinajstić information content (AvgIpc) is 2.72. The third-order valence-corrected chi connectivity index (χ3v) is 7.39. The maximum atomic E-state index is 16.9. The fourth-order valence-electron chi connectivity index (χ4n) is 4.88. The van der Waals surface area contributed by atoms with Crippen molar-refractivity contribution in [2.45, 2.75) is 28.4 Å². The van der Waals surface area contributed by atoms with E-state index in [1.165, 1.54) is 18.2 Å². The molecule has 1 aromatic carbocycles. The van der Waals surface area contributed by atoms with Gasteiger partial charge in [0.05, 0.1) is 5.02 Å². The molecule has 2 heterocycles. The molecule has 13 heteroatoms. The Hall–Kier alpha value is -1.66. The number of amides is 1. The number of benzene rings is 1. The second-order valence-corrected chi connectivity index (χ2v) is 11.5. The molecule has 4 nitrogen and oxygen atoms in total. The van der Waals surface area contributed by atoms with Crippen LogP contribution < -0.4 is 5.32 Å². The second-order valence-electron chi connectivity index (χ2n) is 11.1. The van der Waals surface area contributed by atoms with E-state index in [0.29, 0.717) is 5.56 Å². The molecule has 3 rings (SSSR count). The fourth-order valence-corrected chi connectivity index (χ4v) is 5.06. The summed E-state index contributed by atoms with van der Waals surface area (Å²) < 4.78 is 30.5. The van der Waals surface area contributed by atoms with Crippen LogP contribution in [-0.2, 0) is 5.34 Å². The number of hydrogen-bond donors (Lipinski definition) is 1. The Morgan fingerprint density at radius 1 is 1.18 bits per heavy atom. The zero-order chi connectivity index (χ0) is 24.8. The SMILES string of the molecule is BC(B)(NCC1(F)C(B)(B)CN(C(=O)c2ccc(F)c(Cl)c2)CC1(B)B)c1ccc(C)cn1. The average molecular weight is 465 g/mol. The van der Waals surface area contributed by atoms with Crippen LogP contribution in [0.4, 0.5) is 8.78 Å². The highest BCUT2D eigenvalue weighted by Crippen LogP contribution is 2.54. The number of piperidine rings is 1. The van der Waals surface area contributed by atoms with Crippen molar-refractivity contribution in [3.05, 3.63) is 64.2 Å². The first kappa shape index (κ1) is 26.0. The maximum Gasteiger partial charge on any atom is 0.253 e. The molecular formula is C20H28B6ClF2N3O. The van der Waals surface area contributed by atoms with Gasteiger partial charge in [0.15, 0.2) is 0 Å². The fraction of sp³-hybridized carbons (Fsp3) is 0.400. The number of alkyl halides is 1. The topological polar surface area (TPSA) is 45.2 Å². The van der Waals surface area contributed by atoms with E-state index in [1.54, 1.807) is 4.90 Å². The number of rotatable bonds is 5. The number of carbonyl (C=O) groups is 1. The summed E-state index contributed by atoms with van der Waals surface area (Å²) in [6.45, 7) is 2.55. The molecule has 0 radical (unpaired) electrons. The van der Waals surface area contributed by atoms with Gasteiger partial charge in [-0.3, -0.25) is 9.78 Å². The Morgan fingerprint density at radius 3 is 2.30 bits per heavy atom. The number of halogens is 3. The lowest BCUT2D eigenvalue weighted by molar-refractivity contribution is 0.0236. The molecule has 0 spiro atoms. The molecule has 1 fully saturated rings. The first-order valence-corrected chi connectivity index (χ1v) is 11.6. The van der Waals surface area contributed by atoms with Crippen LogP contribution in [0.1, 0.15) is 21.6 Å². The van der Waals surface area contributed by atoms with Crippen molar-refractivity contribution in [1.82, 2.24) is 15.2 Å². The number of likely N-dealkylation sites (tertiary alicyclic amines) is 1. The molecule has 1 aromatic heterocycles. The zero-order valence-electron chi connectivity index (χ0n) is 20.5. The molecule has 0 saturated carbocycles. The lowest BCUT2D eigenvalue weighted by Gasteiger charge is -2.59. The molecule has 1 amide bonds. The van der Waals surface area contributed by atoms with Gasteiger partial charge in [-0.25, -0.2) is 8.78 Å². The smallest absolute Gasteiger partial charge is 0.253 e. The number of hydrogen-bond acceptors (Lipinski definition) is 3. The van der Waals surface area contributed by atoms with Crippen molar-refractivity contribution in [1.29, 1.82) is 0 Å². The van der Waals surface area contributed by atoms with Crippen LogP contribution in [-0.4, -0.2) is 88.2 Å². The first-order chi connectivity index (χ1) is 15.1. The summed E-state index contributed by atoms with van der Waals surface area (Å²) in [4.78, 5) is 19.3. The Morgan fingerprint density at radius 2 is 1.79 bits per heavy atom. The molecule has 0 bridgehead atoms. The summed E-state index contributed by atoms with van der Waals surface area (Å²) in [5, 5.41) is 1.07. The third kappa shape index (κ3) is 4.92. The van der Waals surface area contributed by atoms with Crippen LogP contribution in [0.3, 0.4) is 0 Å². The van der Waals surface area contributed by atoms with Gasteiger partial charge >= 0.3 is 0 Å². The van der Waals surface area contributed by atoms with Gasteiger partial charge in [-0.1, -0.05) is 17.7 Å². The number of aryl methyl sites for hydroxylation is 1. The number of nitrogens with zero attached hydrogens (tertiary/aromatic N) is 2. The minimum Gasteiger partial charge on any atom is -0.340 e. The van der Waals surface area contributed by atoms with E-state index in [0.717, 1.165) is 11.3 Å². The van der Waals surface area contributed by atoms with Gasteiger partial charge in [0.2, 0.25) is 0 Å². The van der Waals surface area contributed by atoms with Crippen LogP contribution in [0.25, 0.3) is 0 Å². The second kappa shape index (κ2) is 8.84. The van der Waals surface area contributed by atoms with Gasteiger partial charge in [0, 0.05) is 37.1 Å². The Labute approximate surface area is 205 Å². The predicted octanol–water partition coefficient (Wildman–Crippen LogP) is -2.22. The number of carbonyl (C=O) groups excluding carboxylic acids is 1. The maximum absolute atomic E-state index is 16.9. The van der Waals surface area contributed by atoms with Gasteiger partial charge in [0.25, 0.3) is 5.91 Å². The van der Waals surface area contributed by atoms with E-state index in [2.05, 4.69) is 10.3 Å². The largest absolute Gasteiger partial charge is 0.340 e. The van der Waals surface area contributed by atoms with Gasteiger partial charge in [-0.2, -0.15) is 0 Å². The van der Waals surface area contributed by atoms with Crippen molar-refractivity contribution in [2.75, 3.05) is 19.6 Å². The van der Waals surface area contributed by atoms with Gasteiger partial charge in [-0.05, 0) is 52.5 Å². The molecule has 1 saturated heterocycles. The summed E-state index contributed by atoms with van der Waals surface area (Å²) in [5.41, 5.74) is 0.592. The van der Waals surface area contributed by atoms with Crippen LogP contribution in [0, 0.1) is 12.7 Å². The Bertz CT molecular complexity index is 1040. The standard InChI is InChI=1S/C20H28B6ClF2N3O/c1-11-2-5-15(30-7-11)20(25,26)31-8-17(29)18(21,22)9-32(10-19(17,23)24)16(33)12-3-4-14(28)13(27)6-12/h2-7,31H,8-10,21-26H2,1H3. The summed E-state index contributed by atoms with van der Waals surface area (Å²) in [6, 6.07) is 7.88. The molecular weight excluding hydrogens is 437 g/mol.